The first-order valence-electron chi connectivity index (χ1n) is 14.5. The molecule has 1 aromatic rings. The summed E-state index contributed by atoms with van der Waals surface area (Å²) in [5.74, 6) is -0.665. The quantitative estimate of drug-likeness (QED) is 0.341. The van der Waals surface area contributed by atoms with Crippen LogP contribution in [-0.4, -0.2) is 108 Å². The summed E-state index contributed by atoms with van der Waals surface area (Å²) >= 11 is 0. The van der Waals surface area contributed by atoms with Crippen LogP contribution >= 0.6 is 0 Å². The van der Waals surface area contributed by atoms with Gasteiger partial charge in [0.05, 0.1) is 36.4 Å². The van der Waals surface area contributed by atoms with Crippen LogP contribution in [0.2, 0.25) is 0 Å². The molecule has 0 fully saturated rings. The molecule has 241 valence electrons. The van der Waals surface area contributed by atoms with Crippen molar-refractivity contribution in [2.75, 3.05) is 13.2 Å². The van der Waals surface area contributed by atoms with Gasteiger partial charge in [-0.25, -0.2) is 9.59 Å². The van der Waals surface area contributed by atoms with Crippen LogP contribution in [0.15, 0.2) is 24.3 Å². The summed E-state index contributed by atoms with van der Waals surface area (Å²) in [5.41, 5.74) is -0.892. The van der Waals surface area contributed by atoms with Crippen LogP contribution in [0.4, 0.5) is 9.59 Å². The number of ether oxygens (including phenoxy) is 2. The molecule has 0 saturated heterocycles. The van der Waals surface area contributed by atoms with Crippen molar-refractivity contribution in [1.82, 2.24) is 15.5 Å². The molecule has 0 bridgehead atoms. The Hall–Kier alpha value is -2.82. The van der Waals surface area contributed by atoms with Gasteiger partial charge < -0.3 is 25.2 Å². The smallest absolute Gasteiger partial charge is 0.407 e. The number of amides is 4. The van der Waals surface area contributed by atoms with E-state index in [0.717, 1.165) is 7.06 Å². The number of alkyl carbamates (subject to hydrolysis) is 2. The van der Waals surface area contributed by atoms with Gasteiger partial charge in [-0.2, -0.15) is 0 Å². The molecule has 0 aliphatic carbocycles. The largest absolute Gasteiger partial charge is 0.444 e. The highest BCUT2D eigenvalue weighted by Gasteiger charge is 2.39. The van der Waals surface area contributed by atoms with E-state index < -0.39 is 29.4 Å². The van der Waals surface area contributed by atoms with Gasteiger partial charge in [-0.15, -0.1) is 0 Å². The average Bonchev–Trinajstić information content (AvgIpc) is 3.10. The topological polar surface area (TPSA) is 134 Å². The van der Waals surface area contributed by atoms with Gasteiger partial charge in [-0.3, -0.25) is 14.5 Å². The Morgan fingerprint density at radius 1 is 0.756 bits per heavy atom. The lowest BCUT2D eigenvalue weighted by atomic mass is 9.40. The van der Waals surface area contributed by atoms with Crippen molar-refractivity contribution in [2.45, 2.75) is 106 Å². The molecule has 15 heteroatoms. The Bertz CT molecular complexity index is 1060. The molecule has 0 spiro atoms. The average molecular weight is 618 g/mol. The third-order valence-electron chi connectivity index (χ3n) is 5.90. The van der Waals surface area contributed by atoms with Crippen LogP contribution in [0, 0.1) is 10.8 Å². The highest BCUT2D eigenvalue weighted by Crippen LogP contribution is 2.27. The first kappa shape index (κ1) is 44.3. The van der Waals surface area contributed by atoms with Crippen LogP contribution in [0.25, 0.3) is 0 Å². The van der Waals surface area contributed by atoms with Crippen molar-refractivity contribution < 1.29 is 33.8 Å². The third kappa shape index (κ3) is 17.5. The zero-order chi connectivity index (χ0) is 36.0. The molecule has 3 N–H and O–H groups in total. The van der Waals surface area contributed by atoms with E-state index in [1.807, 2.05) is 41.5 Å². The summed E-state index contributed by atoms with van der Waals surface area (Å²) in [6, 6.07) is 6.00. The van der Waals surface area contributed by atoms with E-state index >= 15 is 0 Å². The molecular weight excluding hydrogens is 568 g/mol. The SMILES string of the molecule is CC(C)(C)OC(=O)N[C@H](CN1C(=O)c2ccccc2C1=O)C(C)(C)C.CC(C)(C)OC(=O)N[C@H](CO)C(C)(C)C.[B][B].[B][B][B]. The maximum absolute atomic E-state index is 12.5. The van der Waals surface area contributed by atoms with Crippen molar-refractivity contribution in [3.05, 3.63) is 35.4 Å². The number of benzene rings is 1. The summed E-state index contributed by atoms with van der Waals surface area (Å²) < 4.78 is 10.4. The maximum Gasteiger partial charge on any atom is 0.407 e. The Balaban J connectivity index is 0. The van der Waals surface area contributed by atoms with Gasteiger partial charge >= 0.3 is 12.2 Å². The summed E-state index contributed by atoms with van der Waals surface area (Å²) in [5, 5.41) is 14.6. The maximum atomic E-state index is 12.5. The first-order valence-corrected chi connectivity index (χ1v) is 14.5. The number of carbonyl (C=O) groups is 4. The van der Waals surface area contributed by atoms with Crippen molar-refractivity contribution in [3.63, 3.8) is 0 Å². The number of imide groups is 1. The monoisotopic (exact) mass is 618 g/mol. The van der Waals surface area contributed by atoms with E-state index in [4.69, 9.17) is 14.6 Å². The zero-order valence-electron chi connectivity index (χ0n) is 29.1. The second-order valence-corrected chi connectivity index (χ2v) is 14.3. The Labute approximate surface area is 276 Å². The molecule has 9 radical (unpaired) electrons. The molecule has 1 heterocycles. The van der Waals surface area contributed by atoms with Gasteiger partial charge in [0.15, 0.2) is 0 Å². The predicted molar refractivity (Wildman–Crippen MR) is 183 cm³/mol. The van der Waals surface area contributed by atoms with Crippen LogP contribution in [0.1, 0.15) is 104 Å². The van der Waals surface area contributed by atoms with Crippen molar-refractivity contribution in [3.8, 4) is 0 Å². The minimum atomic E-state index is -0.623. The molecule has 1 aliphatic heterocycles. The first-order chi connectivity index (χ1) is 20.4. The van der Waals surface area contributed by atoms with Gasteiger partial charge in [0.1, 0.15) is 11.2 Å². The highest BCUT2D eigenvalue weighted by atomic mass is 16.6. The van der Waals surface area contributed by atoms with Crippen molar-refractivity contribution in [1.29, 1.82) is 0 Å². The van der Waals surface area contributed by atoms with Gasteiger partial charge in [0.25, 0.3) is 11.8 Å². The standard InChI is InChI=1S/C19H26N2O4.C11H23NO3.B3.B2/c1-18(2,3)14(20-17(24)25-19(4,5)6)11-21-15(22)12-9-7-8-10-13(12)16(21)23;1-10(2,3)8(7-13)12-9(14)15-11(4,5)6;1-3-2;1-2/h7-10,14H,11H2,1-6H3,(H,20,24);8,13H,7H2,1-6H3,(H,12,14);;/t14-;8-;;/m11../s1. The van der Waals surface area contributed by atoms with E-state index in [9.17, 15) is 19.2 Å². The van der Waals surface area contributed by atoms with Crippen molar-refractivity contribution >= 4 is 62.0 Å². The normalized spacial score (nSPS) is 14.0. The number of hydrogen-bond acceptors (Lipinski definition) is 7. The van der Waals surface area contributed by atoms with E-state index in [0.29, 0.717) is 11.1 Å². The second-order valence-electron chi connectivity index (χ2n) is 14.3. The molecule has 2 rings (SSSR count). The fourth-order valence-electron chi connectivity index (χ4n) is 3.56. The fraction of sp³-hybridized carbons (Fsp3) is 0.667. The van der Waals surface area contributed by atoms with Gasteiger partial charge in [0.2, 0.25) is 0 Å². The van der Waals surface area contributed by atoms with Gasteiger partial charge in [-0.05, 0) is 64.5 Å². The number of fused-ring (bicyclic) bond motifs is 1. The van der Waals surface area contributed by atoms with Crippen molar-refractivity contribution in [2.24, 2.45) is 10.8 Å². The molecule has 0 aromatic heterocycles. The lowest BCUT2D eigenvalue weighted by Gasteiger charge is -2.34. The molecule has 1 aromatic carbocycles. The lowest BCUT2D eigenvalue weighted by Crippen LogP contribution is -2.52. The van der Waals surface area contributed by atoms with Crippen LogP contribution < -0.4 is 10.6 Å². The summed E-state index contributed by atoms with van der Waals surface area (Å²) in [6.45, 7) is 22.4. The molecule has 4 amide bonds. The highest BCUT2D eigenvalue weighted by molar-refractivity contribution is 7.17. The molecule has 1 aliphatic rings. The number of carbonyl (C=O) groups excluding carboxylic acids is 4. The zero-order valence-corrected chi connectivity index (χ0v) is 29.1. The molecule has 45 heavy (non-hydrogen) atoms. The number of aliphatic hydroxyl groups is 1. The molecule has 2 atom stereocenters. The number of nitrogens with one attached hydrogen (secondary N) is 2. The van der Waals surface area contributed by atoms with E-state index in [2.05, 4.69) is 41.6 Å². The number of hydrogen-bond donors (Lipinski definition) is 3. The predicted octanol–water partition coefficient (Wildman–Crippen LogP) is 3.24. The Morgan fingerprint density at radius 3 is 1.33 bits per heavy atom. The number of rotatable bonds is 5. The van der Waals surface area contributed by atoms with E-state index in [1.54, 1.807) is 65.8 Å². The van der Waals surface area contributed by atoms with Gasteiger partial charge in [-0.1, -0.05) is 53.7 Å². The van der Waals surface area contributed by atoms with E-state index in [1.165, 1.54) is 4.90 Å². The molecule has 0 saturated carbocycles. The van der Waals surface area contributed by atoms with Crippen LogP contribution in [0.5, 0.6) is 0 Å². The Morgan fingerprint density at radius 2 is 1.07 bits per heavy atom. The van der Waals surface area contributed by atoms with Crippen LogP contribution in [0.3, 0.4) is 0 Å². The van der Waals surface area contributed by atoms with Crippen LogP contribution in [-0.2, 0) is 9.47 Å². The van der Waals surface area contributed by atoms with E-state index in [-0.39, 0.29) is 41.8 Å². The number of aliphatic hydroxyl groups excluding tert-OH is 1. The summed E-state index contributed by atoms with van der Waals surface area (Å²) in [6.07, 6.45) is -1.06. The second kappa shape index (κ2) is 19.0. The lowest BCUT2D eigenvalue weighted by molar-refractivity contribution is 0.0409. The molecule has 0 unspecified atom stereocenters. The van der Waals surface area contributed by atoms with Gasteiger partial charge in [0, 0.05) is 38.0 Å². The fourth-order valence-corrected chi connectivity index (χ4v) is 3.56. The molecule has 10 nitrogen and oxygen atoms in total. The minimum absolute atomic E-state index is 0.0924. The third-order valence-corrected chi connectivity index (χ3v) is 5.90. The number of nitrogens with zero attached hydrogens (tertiary/aromatic N) is 1. The summed E-state index contributed by atoms with van der Waals surface area (Å²) in [4.78, 5) is 49.9. The Kier molecular flexibility index (Phi) is 18.7. The molecular formula is C30H49B5N3O7. The summed E-state index contributed by atoms with van der Waals surface area (Å²) in [7, 11) is 18.0. The minimum Gasteiger partial charge on any atom is -0.444 e.